The number of ether oxygens (including phenoxy) is 1. The lowest BCUT2D eigenvalue weighted by molar-refractivity contribution is 0.111. The Labute approximate surface area is 157 Å². The van der Waals surface area contributed by atoms with Gasteiger partial charge in [-0.15, -0.1) is 0 Å². The number of hydrogen-bond acceptors (Lipinski definition) is 5. The summed E-state index contributed by atoms with van der Waals surface area (Å²) < 4.78 is 31.6. The lowest BCUT2D eigenvalue weighted by Gasteiger charge is -2.45. The van der Waals surface area contributed by atoms with Crippen LogP contribution in [-0.4, -0.2) is 65.4 Å². The molecule has 7 heteroatoms. The van der Waals surface area contributed by atoms with Crippen molar-refractivity contribution in [2.45, 2.75) is 37.1 Å². The molecule has 26 heavy (non-hydrogen) atoms. The Kier molecular flexibility index (Phi) is 6.22. The molecular weight excluding hydrogens is 350 g/mol. The Bertz CT molecular complexity index is 694. The predicted octanol–water partition coefficient (Wildman–Crippen LogP) is 1.33. The van der Waals surface area contributed by atoms with Crippen molar-refractivity contribution < 1.29 is 13.2 Å². The normalized spacial score (nSPS) is 28.0. The molecule has 6 nitrogen and oxygen atoms in total. The smallest absolute Gasteiger partial charge is 0.208 e. The maximum Gasteiger partial charge on any atom is 0.208 e. The summed E-state index contributed by atoms with van der Waals surface area (Å²) >= 11 is 0. The van der Waals surface area contributed by atoms with Gasteiger partial charge < -0.3 is 10.1 Å². The van der Waals surface area contributed by atoms with E-state index in [1.165, 1.54) is 11.8 Å². The average Bonchev–Trinajstić information content (AvgIpc) is 2.67. The molecule has 0 atom stereocenters. The summed E-state index contributed by atoms with van der Waals surface area (Å²) in [6.07, 6.45) is 5.40. The fourth-order valence-electron chi connectivity index (χ4n) is 4.36. The van der Waals surface area contributed by atoms with Crippen molar-refractivity contribution in [2.75, 3.05) is 46.1 Å². The van der Waals surface area contributed by atoms with E-state index in [0.717, 1.165) is 57.6 Å². The first kappa shape index (κ1) is 19.6. The van der Waals surface area contributed by atoms with Crippen molar-refractivity contribution in [3.05, 3.63) is 29.8 Å². The standard InChI is InChI=1S/C19H31N3O3S/c1-25-18-5-3-4-16(14-18)19(15-21-26(2,23)24)8-6-17(7-9-19)22-12-10-20-11-13-22/h3-5,14,17,20-21H,6-13,15H2,1-2H3/t17-,19+. The minimum atomic E-state index is -3.22. The van der Waals surface area contributed by atoms with Crippen molar-refractivity contribution in [1.29, 1.82) is 0 Å². The molecule has 0 unspecified atom stereocenters. The summed E-state index contributed by atoms with van der Waals surface area (Å²) in [5, 5.41) is 3.41. The number of sulfonamides is 1. The molecule has 0 radical (unpaired) electrons. The number of rotatable bonds is 6. The molecule has 0 aromatic heterocycles. The molecule has 1 saturated heterocycles. The summed E-state index contributed by atoms with van der Waals surface area (Å²) in [5.41, 5.74) is 1.01. The lowest BCUT2D eigenvalue weighted by atomic mass is 9.68. The van der Waals surface area contributed by atoms with Crippen LogP contribution in [0.15, 0.2) is 24.3 Å². The Morgan fingerprint density at radius 1 is 1.27 bits per heavy atom. The average molecular weight is 382 g/mol. The molecule has 146 valence electrons. The fourth-order valence-corrected chi connectivity index (χ4v) is 4.90. The fraction of sp³-hybridized carbons (Fsp3) is 0.684. The topological polar surface area (TPSA) is 70.7 Å². The largest absolute Gasteiger partial charge is 0.497 e. The summed E-state index contributed by atoms with van der Waals surface area (Å²) in [6.45, 7) is 4.80. The predicted molar refractivity (Wildman–Crippen MR) is 104 cm³/mol. The number of nitrogens with one attached hydrogen (secondary N) is 2. The minimum absolute atomic E-state index is 0.165. The van der Waals surface area contributed by atoms with Crippen LogP contribution < -0.4 is 14.8 Å². The van der Waals surface area contributed by atoms with Gasteiger partial charge in [0.15, 0.2) is 0 Å². The molecule has 1 aliphatic carbocycles. The third-order valence-electron chi connectivity index (χ3n) is 5.94. The van der Waals surface area contributed by atoms with E-state index in [2.05, 4.69) is 27.1 Å². The molecule has 2 aliphatic rings. The highest BCUT2D eigenvalue weighted by atomic mass is 32.2. The Morgan fingerprint density at radius 2 is 1.96 bits per heavy atom. The molecule has 3 rings (SSSR count). The van der Waals surface area contributed by atoms with Crippen LogP contribution in [0, 0.1) is 0 Å². The van der Waals surface area contributed by atoms with Crippen molar-refractivity contribution in [3.8, 4) is 5.75 Å². The van der Waals surface area contributed by atoms with E-state index in [4.69, 9.17) is 4.74 Å². The third kappa shape index (κ3) is 4.76. The quantitative estimate of drug-likeness (QED) is 0.778. The molecule has 1 aromatic rings. The summed E-state index contributed by atoms with van der Waals surface area (Å²) in [4.78, 5) is 2.59. The van der Waals surface area contributed by atoms with Crippen LogP contribution in [0.25, 0.3) is 0 Å². The summed E-state index contributed by atoms with van der Waals surface area (Å²) in [5.74, 6) is 0.824. The number of methoxy groups -OCH3 is 1. The molecule has 0 spiro atoms. The second-order valence-corrected chi connectivity index (χ2v) is 9.46. The van der Waals surface area contributed by atoms with Crippen molar-refractivity contribution in [1.82, 2.24) is 14.9 Å². The SMILES string of the molecule is COc1cccc([C@]2(CNS(C)(=O)=O)CC[C@H](N3CCNCC3)CC2)c1. The first-order valence-corrected chi connectivity index (χ1v) is 11.3. The highest BCUT2D eigenvalue weighted by Gasteiger charge is 2.39. The molecule has 1 aliphatic heterocycles. The van der Waals surface area contributed by atoms with Gasteiger partial charge in [0, 0.05) is 44.2 Å². The number of hydrogen-bond donors (Lipinski definition) is 2. The van der Waals surface area contributed by atoms with E-state index < -0.39 is 10.0 Å². The monoisotopic (exact) mass is 381 g/mol. The lowest BCUT2D eigenvalue weighted by Crippen LogP contribution is -2.52. The highest BCUT2D eigenvalue weighted by Crippen LogP contribution is 2.41. The zero-order valence-electron chi connectivity index (χ0n) is 15.8. The van der Waals surface area contributed by atoms with Crippen LogP contribution in [0.3, 0.4) is 0 Å². The van der Waals surface area contributed by atoms with Crippen LogP contribution in [0.2, 0.25) is 0 Å². The Hall–Kier alpha value is -1.15. The first-order chi connectivity index (χ1) is 12.4. The van der Waals surface area contributed by atoms with Gasteiger partial charge in [0.25, 0.3) is 0 Å². The Morgan fingerprint density at radius 3 is 2.58 bits per heavy atom. The number of nitrogens with zero attached hydrogens (tertiary/aromatic N) is 1. The third-order valence-corrected chi connectivity index (χ3v) is 6.60. The van der Waals surface area contributed by atoms with Gasteiger partial charge in [-0.3, -0.25) is 4.90 Å². The molecule has 0 bridgehead atoms. The molecule has 0 amide bonds. The minimum Gasteiger partial charge on any atom is -0.497 e. The first-order valence-electron chi connectivity index (χ1n) is 9.46. The van der Waals surface area contributed by atoms with Gasteiger partial charge in [-0.1, -0.05) is 12.1 Å². The van der Waals surface area contributed by atoms with Gasteiger partial charge in [-0.2, -0.15) is 0 Å². The van der Waals surface area contributed by atoms with Gasteiger partial charge >= 0.3 is 0 Å². The van der Waals surface area contributed by atoms with E-state index >= 15 is 0 Å². The van der Waals surface area contributed by atoms with E-state index in [9.17, 15) is 8.42 Å². The summed E-state index contributed by atoms with van der Waals surface area (Å²) in [7, 11) is -1.55. The second kappa shape index (κ2) is 8.25. The van der Waals surface area contributed by atoms with Gasteiger partial charge in [-0.25, -0.2) is 13.1 Å². The van der Waals surface area contributed by atoms with E-state index in [1.54, 1.807) is 7.11 Å². The maximum atomic E-state index is 11.7. The molecular formula is C19H31N3O3S. The van der Waals surface area contributed by atoms with Crippen LogP contribution in [0.1, 0.15) is 31.2 Å². The molecule has 1 aromatic carbocycles. The van der Waals surface area contributed by atoms with Crippen LogP contribution >= 0.6 is 0 Å². The molecule has 1 saturated carbocycles. The number of piperazine rings is 1. The zero-order valence-corrected chi connectivity index (χ0v) is 16.6. The molecule has 2 N–H and O–H groups in total. The van der Waals surface area contributed by atoms with E-state index in [1.807, 2.05) is 12.1 Å². The van der Waals surface area contributed by atoms with Gasteiger partial charge in [0.05, 0.1) is 13.4 Å². The van der Waals surface area contributed by atoms with Crippen molar-refractivity contribution in [2.24, 2.45) is 0 Å². The van der Waals surface area contributed by atoms with Gasteiger partial charge in [0.2, 0.25) is 10.0 Å². The van der Waals surface area contributed by atoms with Crippen LogP contribution in [0.4, 0.5) is 0 Å². The van der Waals surface area contributed by atoms with Gasteiger partial charge in [-0.05, 0) is 43.4 Å². The van der Waals surface area contributed by atoms with Crippen LogP contribution in [-0.2, 0) is 15.4 Å². The highest BCUT2D eigenvalue weighted by molar-refractivity contribution is 7.88. The van der Waals surface area contributed by atoms with Crippen molar-refractivity contribution in [3.63, 3.8) is 0 Å². The van der Waals surface area contributed by atoms with Gasteiger partial charge in [0.1, 0.15) is 5.75 Å². The molecule has 1 heterocycles. The number of benzene rings is 1. The zero-order chi connectivity index (χ0) is 18.6. The second-order valence-electron chi connectivity index (χ2n) is 7.62. The maximum absolute atomic E-state index is 11.7. The van der Waals surface area contributed by atoms with E-state index in [-0.39, 0.29) is 5.41 Å². The van der Waals surface area contributed by atoms with Crippen molar-refractivity contribution >= 4 is 10.0 Å². The van der Waals surface area contributed by atoms with Crippen LogP contribution in [0.5, 0.6) is 5.75 Å². The summed E-state index contributed by atoms with van der Waals surface area (Å²) in [6, 6.07) is 8.72. The Balaban J connectivity index is 1.78. The van der Waals surface area contributed by atoms with E-state index in [0.29, 0.717) is 12.6 Å². The molecule has 2 fully saturated rings.